The van der Waals surface area contributed by atoms with E-state index in [0.29, 0.717) is 18.2 Å². The summed E-state index contributed by atoms with van der Waals surface area (Å²) in [5.74, 6) is 0.455. The van der Waals surface area contributed by atoms with E-state index in [1.165, 1.54) is 4.90 Å². The molecule has 1 aromatic rings. The monoisotopic (exact) mass is 314 g/mol. The number of imide groups is 1. The minimum absolute atomic E-state index is 0.0827. The van der Waals surface area contributed by atoms with Crippen LogP contribution in [0.4, 0.5) is 4.79 Å². The summed E-state index contributed by atoms with van der Waals surface area (Å²) in [7, 11) is 0. The summed E-state index contributed by atoms with van der Waals surface area (Å²) >= 11 is 0. The number of pyridine rings is 1. The number of amides is 3. The van der Waals surface area contributed by atoms with Gasteiger partial charge in [-0.05, 0) is 62.7 Å². The van der Waals surface area contributed by atoms with E-state index in [2.05, 4.69) is 15.6 Å². The Labute approximate surface area is 135 Å². The van der Waals surface area contributed by atoms with Gasteiger partial charge in [-0.15, -0.1) is 0 Å². The largest absolute Gasteiger partial charge is 0.325 e. The predicted octanol–water partition coefficient (Wildman–Crippen LogP) is 1.24. The van der Waals surface area contributed by atoms with E-state index in [9.17, 15) is 9.59 Å². The van der Waals surface area contributed by atoms with Gasteiger partial charge in [0.15, 0.2) is 5.54 Å². The van der Waals surface area contributed by atoms with Crippen LogP contribution in [0.1, 0.15) is 31.4 Å². The van der Waals surface area contributed by atoms with Crippen LogP contribution in [0.5, 0.6) is 0 Å². The highest BCUT2D eigenvalue weighted by Gasteiger charge is 2.58. The number of aromatic nitrogens is 1. The van der Waals surface area contributed by atoms with E-state index < -0.39 is 5.54 Å². The molecule has 0 aromatic carbocycles. The van der Waals surface area contributed by atoms with Crippen LogP contribution >= 0.6 is 0 Å². The van der Waals surface area contributed by atoms with Gasteiger partial charge in [-0.1, -0.05) is 6.07 Å². The number of hydrogen-bond donors (Lipinski definition) is 2. The SMILES string of the molecule is O=C1N[C@](c2ccccn2)(C2CCNCC2)C(=O)N1CC1CC1. The highest BCUT2D eigenvalue weighted by Crippen LogP contribution is 2.41. The lowest BCUT2D eigenvalue weighted by atomic mass is 9.75. The number of carbonyl (C=O) groups excluding carboxylic acids is 2. The number of carbonyl (C=O) groups is 2. The maximum absolute atomic E-state index is 13.3. The van der Waals surface area contributed by atoms with E-state index in [0.717, 1.165) is 38.8 Å². The van der Waals surface area contributed by atoms with Gasteiger partial charge < -0.3 is 10.6 Å². The number of urea groups is 1. The van der Waals surface area contributed by atoms with Gasteiger partial charge >= 0.3 is 6.03 Å². The van der Waals surface area contributed by atoms with Crippen LogP contribution in [-0.4, -0.2) is 41.5 Å². The van der Waals surface area contributed by atoms with Gasteiger partial charge in [-0.25, -0.2) is 4.79 Å². The molecule has 1 saturated carbocycles. The first kappa shape index (κ1) is 14.6. The molecule has 3 fully saturated rings. The fourth-order valence-corrected chi connectivity index (χ4v) is 3.83. The van der Waals surface area contributed by atoms with Gasteiger partial charge in [-0.2, -0.15) is 0 Å². The summed E-state index contributed by atoms with van der Waals surface area (Å²) < 4.78 is 0. The third-order valence-corrected chi connectivity index (χ3v) is 5.29. The number of piperidine rings is 1. The molecule has 23 heavy (non-hydrogen) atoms. The smallest absolute Gasteiger partial charge is 0.318 e. The zero-order chi connectivity index (χ0) is 15.9. The number of nitrogens with zero attached hydrogens (tertiary/aromatic N) is 2. The first-order chi connectivity index (χ1) is 11.2. The lowest BCUT2D eigenvalue weighted by Crippen LogP contribution is -2.53. The summed E-state index contributed by atoms with van der Waals surface area (Å²) in [4.78, 5) is 31.7. The van der Waals surface area contributed by atoms with Crippen LogP contribution in [0.25, 0.3) is 0 Å². The molecule has 1 aliphatic carbocycles. The van der Waals surface area contributed by atoms with Crippen molar-refractivity contribution in [3.63, 3.8) is 0 Å². The fraction of sp³-hybridized carbons (Fsp3) is 0.588. The second kappa shape index (κ2) is 5.60. The molecular weight excluding hydrogens is 292 g/mol. The zero-order valence-electron chi connectivity index (χ0n) is 13.1. The second-order valence-electron chi connectivity index (χ2n) is 6.84. The molecule has 2 N–H and O–H groups in total. The Hall–Kier alpha value is -1.95. The van der Waals surface area contributed by atoms with Crippen LogP contribution in [0.3, 0.4) is 0 Å². The lowest BCUT2D eigenvalue weighted by molar-refractivity contribution is -0.134. The van der Waals surface area contributed by atoms with E-state index >= 15 is 0 Å². The van der Waals surface area contributed by atoms with Crippen molar-refractivity contribution in [3.8, 4) is 0 Å². The predicted molar refractivity (Wildman–Crippen MR) is 84.5 cm³/mol. The average Bonchev–Trinajstić information content (AvgIpc) is 3.38. The van der Waals surface area contributed by atoms with Crippen LogP contribution in [0.2, 0.25) is 0 Å². The molecule has 3 heterocycles. The Balaban J connectivity index is 1.73. The normalized spacial score (nSPS) is 29.0. The van der Waals surface area contributed by atoms with Gasteiger partial charge in [0.25, 0.3) is 5.91 Å². The molecule has 1 atom stereocenters. The van der Waals surface area contributed by atoms with Crippen LogP contribution < -0.4 is 10.6 Å². The standard InChI is InChI=1S/C17H22N4O2/c22-15-17(13-6-9-18-10-7-13,14-3-1-2-8-19-14)20-16(23)21(15)11-12-4-5-12/h1-3,8,12-13,18H,4-7,9-11H2,(H,20,23)/t17-/m0/s1. The molecule has 2 saturated heterocycles. The number of rotatable bonds is 4. The van der Waals surface area contributed by atoms with Crippen molar-refractivity contribution in [2.75, 3.05) is 19.6 Å². The lowest BCUT2D eigenvalue weighted by Gasteiger charge is -2.37. The molecule has 0 radical (unpaired) electrons. The van der Waals surface area contributed by atoms with E-state index in [1.54, 1.807) is 6.20 Å². The molecule has 3 amide bonds. The Morgan fingerprint density at radius 2 is 1.96 bits per heavy atom. The summed E-state index contributed by atoms with van der Waals surface area (Å²) in [6.07, 6.45) is 5.64. The van der Waals surface area contributed by atoms with Crippen molar-refractivity contribution in [1.82, 2.24) is 20.5 Å². The number of hydrogen-bond acceptors (Lipinski definition) is 4. The first-order valence-corrected chi connectivity index (χ1v) is 8.48. The molecule has 0 bridgehead atoms. The van der Waals surface area contributed by atoms with Crippen LogP contribution in [0, 0.1) is 11.8 Å². The Morgan fingerprint density at radius 3 is 2.61 bits per heavy atom. The molecule has 3 aliphatic rings. The van der Waals surface area contributed by atoms with Crippen molar-refractivity contribution < 1.29 is 9.59 Å². The Kier molecular flexibility index (Phi) is 3.56. The summed E-state index contributed by atoms with van der Waals surface area (Å²) in [5.41, 5.74) is -0.321. The minimum atomic E-state index is -0.991. The van der Waals surface area contributed by atoms with Crippen molar-refractivity contribution in [2.24, 2.45) is 11.8 Å². The van der Waals surface area contributed by atoms with E-state index in [-0.39, 0.29) is 17.9 Å². The Morgan fingerprint density at radius 1 is 1.17 bits per heavy atom. The quantitative estimate of drug-likeness (QED) is 0.820. The van der Waals surface area contributed by atoms with Crippen LogP contribution in [-0.2, 0) is 10.3 Å². The first-order valence-electron chi connectivity index (χ1n) is 8.48. The highest BCUT2D eigenvalue weighted by atomic mass is 16.2. The average molecular weight is 314 g/mol. The Bertz CT molecular complexity index is 610. The minimum Gasteiger partial charge on any atom is -0.318 e. The van der Waals surface area contributed by atoms with Gasteiger partial charge in [-0.3, -0.25) is 14.7 Å². The fourth-order valence-electron chi connectivity index (χ4n) is 3.83. The summed E-state index contributed by atoms with van der Waals surface area (Å²) in [6, 6.07) is 5.32. The molecule has 0 unspecified atom stereocenters. The van der Waals surface area contributed by atoms with Crippen molar-refractivity contribution >= 4 is 11.9 Å². The highest BCUT2D eigenvalue weighted by molar-refractivity contribution is 6.07. The molecule has 122 valence electrons. The molecule has 1 aromatic heterocycles. The molecule has 6 heteroatoms. The van der Waals surface area contributed by atoms with Crippen molar-refractivity contribution in [2.45, 2.75) is 31.2 Å². The zero-order valence-corrected chi connectivity index (χ0v) is 13.1. The van der Waals surface area contributed by atoms with Gasteiger partial charge in [0.05, 0.1) is 5.69 Å². The number of nitrogens with one attached hydrogen (secondary N) is 2. The van der Waals surface area contributed by atoms with E-state index in [1.807, 2.05) is 18.2 Å². The van der Waals surface area contributed by atoms with E-state index in [4.69, 9.17) is 0 Å². The van der Waals surface area contributed by atoms with Crippen molar-refractivity contribution in [1.29, 1.82) is 0 Å². The molecule has 0 spiro atoms. The summed E-state index contributed by atoms with van der Waals surface area (Å²) in [6.45, 7) is 2.28. The second-order valence-corrected chi connectivity index (χ2v) is 6.84. The maximum Gasteiger partial charge on any atom is 0.325 e. The van der Waals surface area contributed by atoms with Crippen molar-refractivity contribution in [3.05, 3.63) is 30.1 Å². The topological polar surface area (TPSA) is 74.3 Å². The van der Waals surface area contributed by atoms with Crippen LogP contribution in [0.15, 0.2) is 24.4 Å². The molecular formula is C17H22N4O2. The van der Waals surface area contributed by atoms with Gasteiger partial charge in [0.1, 0.15) is 0 Å². The van der Waals surface area contributed by atoms with Gasteiger partial charge in [0, 0.05) is 12.7 Å². The maximum atomic E-state index is 13.3. The molecule has 2 aliphatic heterocycles. The van der Waals surface area contributed by atoms with Gasteiger partial charge in [0.2, 0.25) is 0 Å². The molecule has 6 nitrogen and oxygen atoms in total. The third kappa shape index (κ3) is 2.41. The summed E-state index contributed by atoms with van der Waals surface area (Å²) in [5, 5.41) is 6.36. The molecule has 4 rings (SSSR count). The third-order valence-electron chi connectivity index (χ3n) is 5.29.